The molecule has 5 rings (SSSR count). The molecule has 1 fully saturated rings. The molecular weight excluding hydrogens is 651 g/mol. The van der Waals surface area contributed by atoms with Gasteiger partial charge in [0.1, 0.15) is 28.8 Å². The van der Waals surface area contributed by atoms with Crippen LogP contribution >= 0.6 is 46.6 Å². The molecule has 1 aromatic heterocycles. The van der Waals surface area contributed by atoms with Gasteiger partial charge in [-0.1, -0.05) is 34.1 Å². The van der Waals surface area contributed by atoms with Crippen molar-refractivity contribution in [3.8, 4) is 0 Å². The molecule has 0 spiro atoms. The SMILES string of the molecule is CCC(C)[C@@H]1NC(=O)[C@@H]2CSC(=N2)[C@@H]2CCCN2C(=O)[C@H](C(C)C)NC(=O)C2CSC(=N2)[C@@H](CCSC)NC(=O)c2csc1n2. The third-order valence-electron chi connectivity index (χ3n) is 8.75. The number of hydrogen-bond acceptors (Lipinski definition) is 11. The Labute approximate surface area is 281 Å². The zero-order chi connectivity index (χ0) is 32.2. The summed E-state index contributed by atoms with van der Waals surface area (Å²) in [5.41, 5.74) is 0.298. The van der Waals surface area contributed by atoms with E-state index in [-0.39, 0.29) is 53.6 Å². The number of rotatable bonds is 6. The average Bonchev–Trinajstić information content (AvgIpc) is 3.85. The molecule has 0 aromatic carbocycles. The van der Waals surface area contributed by atoms with E-state index in [1.54, 1.807) is 17.1 Å². The summed E-state index contributed by atoms with van der Waals surface area (Å²) in [4.78, 5) is 70.6. The van der Waals surface area contributed by atoms with Gasteiger partial charge in [-0.15, -0.1) is 34.9 Å². The summed E-state index contributed by atoms with van der Waals surface area (Å²) in [5, 5.41) is 13.2. The van der Waals surface area contributed by atoms with Crippen molar-refractivity contribution in [2.45, 2.75) is 89.6 Å². The van der Waals surface area contributed by atoms with Gasteiger partial charge in [0, 0.05) is 23.4 Å². The fourth-order valence-corrected chi connectivity index (χ4v) is 9.63. The van der Waals surface area contributed by atoms with Gasteiger partial charge < -0.3 is 20.9 Å². The van der Waals surface area contributed by atoms with E-state index < -0.39 is 18.1 Å². The van der Waals surface area contributed by atoms with Crippen molar-refractivity contribution in [1.29, 1.82) is 0 Å². The Morgan fingerprint density at radius 2 is 1.64 bits per heavy atom. The second-order valence-corrected chi connectivity index (χ2v) is 16.2. The van der Waals surface area contributed by atoms with Crippen LogP contribution in [-0.4, -0.2) is 104 Å². The first-order valence-electron chi connectivity index (χ1n) is 15.7. The summed E-state index contributed by atoms with van der Waals surface area (Å²) in [6.45, 7) is 8.58. The molecule has 11 nitrogen and oxygen atoms in total. The number of thiazole rings is 1. The van der Waals surface area contributed by atoms with Crippen LogP contribution in [0.2, 0.25) is 0 Å². The minimum atomic E-state index is -0.704. The molecule has 4 aliphatic rings. The first-order valence-corrected chi connectivity index (χ1v) is 19.9. The lowest BCUT2D eigenvalue weighted by Crippen LogP contribution is -2.55. The molecule has 0 radical (unpaired) electrons. The van der Waals surface area contributed by atoms with Crippen molar-refractivity contribution in [2.75, 3.05) is 30.1 Å². The third-order valence-corrected chi connectivity index (χ3v) is 12.6. The molecule has 3 N–H and O–H groups in total. The predicted octanol–water partition coefficient (Wildman–Crippen LogP) is 3.37. The van der Waals surface area contributed by atoms with E-state index in [4.69, 9.17) is 15.0 Å². The molecule has 7 atom stereocenters. The molecule has 1 saturated heterocycles. The molecule has 5 heterocycles. The minimum Gasteiger partial charge on any atom is -0.345 e. The fourth-order valence-electron chi connectivity index (χ4n) is 5.85. The van der Waals surface area contributed by atoms with Crippen molar-refractivity contribution in [3.05, 3.63) is 16.1 Å². The maximum atomic E-state index is 14.0. The van der Waals surface area contributed by atoms with Crippen molar-refractivity contribution in [1.82, 2.24) is 25.8 Å². The Kier molecular flexibility index (Phi) is 11.6. The Hall–Kier alpha value is -2.10. The van der Waals surface area contributed by atoms with Crippen LogP contribution in [0.5, 0.6) is 0 Å². The lowest BCUT2D eigenvalue weighted by molar-refractivity contribution is -0.137. The molecule has 4 aliphatic heterocycles. The summed E-state index contributed by atoms with van der Waals surface area (Å²) in [6, 6.07) is -2.86. The lowest BCUT2D eigenvalue weighted by Gasteiger charge is -2.31. The highest BCUT2D eigenvalue weighted by atomic mass is 32.2. The molecular formula is C30H43N7O4S4. The van der Waals surface area contributed by atoms with Gasteiger partial charge >= 0.3 is 0 Å². The van der Waals surface area contributed by atoms with E-state index in [2.05, 4.69) is 29.8 Å². The van der Waals surface area contributed by atoms with Crippen LogP contribution in [0.4, 0.5) is 0 Å². The number of aromatic nitrogens is 1. The predicted molar refractivity (Wildman–Crippen MR) is 186 cm³/mol. The van der Waals surface area contributed by atoms with Crippen molar-refractivity contribution >= 4 is 80.3 Å². The van der Waals surface area contributed by atoms with Crippen LogP contribution in [0.3, 0.4) is 0 Å². The molecule has 2 unspecified atom stereocenters. The highest BCUT2D eigenvalue weighted by molar-refractivity contribution is 8.14. The number of nitrogens with one attached hydrogen (secondary N) is 3. The highest BCUT2D eigenvalue weighted by Gasteiger charge is 2.42. The third kappa shape index (κ3) is 7.73. The van der Waals surface area contributed by atoms with E-state index >= 15 is 0 Å². The second-order valence-electron chi connectivity index (χ2n) is 12.3. The lowest BCUT2D eigenvalue weighted by atomic mass is 9.99. The summed E-state index contributed by atoms with van der Waals surface area (Å²) in [5.74, 6) is 0.803. The monoisotopic (exact) mass is 693 g/mol. The largest absolute Gasteiger partial charge is 0.345 e. The van der Waals surface area contributed by atoms with Crippen LogP contribution in [0.1, 0.15) is 74.9 Å². The summed E-state index contributed by atoms with van der Waals surface area (Å²) >= 11 is 6.04. The highest BCUT2D eigenvalue weighted by Crippen LogP contribution is 2.32. The summed E-state index contributed by atoms with van der Waals surface area (Å²) in [7, 11) is 0. The van der Waals surface area contributed by atoms with E-state index in [0.29, 0.717) is 40.2 Å². The summed E-state index contributed by atoms with van der Waals surface area (Å²) in [6.07, 6.45) is 5.09. The Morgan fingerprint density at radius 3 is 2.31 bits per heavy atom. The first-order chi connectivity index (χ1) is 21.6. The maximum absolute atomic E-state index is 14.0. The number of hydrogen-bond donors (Lipinski definition) is 3. The van der Waals surface area contributed by atoms with Crippen LogP contribution in [-0.2, 0) is 14.4 Å². The smallest absolute Gasteiger partial charge is 0.271 e. The molecule has 4 amide bonds. The van der Waals surface area contributed by atoms with Crippen LogP contribution in [0.15, 0.2) is 15.4 Å². The maximum Gasteiger partial charge on any atom is 0.271 e. The Bertz CT molecular complexity index is 1350. The van der Waals surface area contributed by atoms with Gasteiger partial charge in [-0.05, 0) is 43.1 Å². The zero-order valence-electron chi connectivity index (χ0n) is 26.4. The van der Waals surface area contributed by atoms with Gasteiger partial charge in [0.2, 0.25) is 17.7 Å². The van der Waals surface area contributed by atoms with E-state index in [0.717, 1.165) is 30.1 Å². The number of amides is 4. The van der Waals surface area contributed by atoms with Gasteiger partial charge in [-0.25, -0.2) is 4.98 Å². The molecule has 45 heavy (non-hydrogen) atoms. The van der Waals surface area contributed by atoms with Crippen LogP contribution in [0, 0.1) is 11.8 Å². The average molecular weight is 694 g/mol. The number of thioether (sulfide) groups is 3. The topological polar surface area (TPSA) is 145 Å². The molecule has 1 aromatic rings. The molecule has 6 bridgehead atoms. The van der Waals surface area contributed by atoms with E-state index in [1.165, 1.54) is 34.9 Å². The first kappa shape index (κ1) is 34.2. The van der Waals surface area contributed by atoms with Gasteiger partial charge in [0.25, 0.3) is 5.91 Å². The minimum absolute atomic E-state index is 0.0894. The standard InChI is InChI=1S/C30H43N7O4S4/c1-6-16(4)23-29-34-18(14-45-29)24(38)31-17(9-11-42-5)27-32-19(12-43-27)25(39)35-22(15(2)3)30(41)37-10-7-8-21(37)28-33-20(13-44-28)26(40)36-23/h14-17,19-23H,6-13H2,1-5H3,(H,31,38)(H,35,39)(H,36,40)/t16?,17-,19?,20+,21+,22+,23+/m1/s1. The van der Waals surface area contributed by atoms with Crippen LogP contribution < -0.4 is 16.0 Å². The molecule has 246 valence electrons. The normalized spacial score (nSPS) is 30.2. The van der Waals surface area contributed by atoms with E-state index in [1.807, 2.05) is 25.0 Å². The number of fused-ring (bicyclic) bond motifs is 6. The van der Waals surface area contributed by atoms with Gasteiger partial charge in [0.05, 0.1) is 28.2 Å². The molecule has 0 aliphatic carbocycles. The quantitative estimate of drug-likeness (QED) is 0.412. The zero-order valence-corrected chi connectivity index (χ0v) is 29.7. The van der Waals surface area contributed by atoms with E-state index in [9.17, 15) is 19.2 Å². The molecule has 0 saturated carbocycles. The van der Waals surface area contributed by atoms with Crippen molar-refractivity contribution in [3.63, 3.8) is 0 Å². The number of nitrogens with zero attached hydrogens (tertiary/aromatic N) is 4. The van der Waals surface area contributed by atoms with Crippen molar-refractivity contribution < 1.29 is 19.2 Å². The molecule has 15 heteroatoms. The fraction of sp³-hybridized carbons (Fsp3) is 0.700. The Balaban J connectivity index is 1.50. The van der Waals surface area contributed by atoms with Gasteiger partial charge in [0.15, 0.2) is 0 Å². The van der Waals surface area contributed by atoms with Gasteiger partial charge in [-0.2, -0.15) is 11.8 Å². The van der Waals surface area contributed by atoms with Crippen molar-refractivity contribution in [2.24, 2.45) is 21.8 Å². The second kappa shape index (κ2) is 15.2. The number of aliphatic imine (C=N–C) groups is 2. The summed E-state index contributed by atoms with van der Waals surface area (Å²) < 4.78 is 0. The number of carbonyl (C=O) groups is 4. The van der Waals surface area contributed by atoms with Gasteiger partial charge in [-0.3, -0.25) is 29.2 Å². The number of carbonyl (C=O) groups excluding carboxylic acids is 4. The van der Waals surface area contributed by atoms with Crippen LogP contribution in [0.25, 0.3) is 0 Å². The Morgan fingerprint density at radius 1 is 0.978 bits per heavy atom.